The van der Waals surface area contributed by atoms with Crippen LogP contribution in [0.2, 0.25) is 5.02 Å². The fourth-order valence-corrected chi connectivity index (χ4v) is 2.45. The van der Waals surface area contributed by atoms with Gasteiger partial charge in [-0.2, -0.15) is 0 Å². The summed E-state index contributed by atoms with van der Waals surface area (Å²) in [7, 11) is 1.30. The van der Waals surface area contributed by atoms with E-state index >= 15 is 0 Å². The van der Waals surface area contributed by atoms with Crippen molar-refractivity contribution >= 4 is 29.4 Å². The molecule has 2 aromatic rings. The Balaban J connectivity index is 1.70. The molecule has 28 heavy (non-hydrogen) atoms. The number of methoxy groups -OCH3 is 1. The van der Waals surface area contributed by atoms with E-state index in [4.69, 9.17) is 21.1 Å². The van der Waals surface area contributed by atoms with Gasteiger partial charge in [-0.15, -0.1) is 0 Å². The monoisotopic (exact) mass is 405 g/mol. The molecule has 7 nitrogen and oxygen atoms in total. The first-order valence-corrected chi connectivity index (χ1v) is 8.75. The molecule has 0 saturated carbocycles. The maximum atomic E-state index is 11.8. The van der Waals surface area contributed by atoms with E-state index in [1.807, 2.05) is 0 Å². The standard InChI is InChI=1S/C20H20ClNO6/c1-13-9-16(21)7-8-17(13)27-12-19(24)28-11-18(23)22-10-14-3-5-15(6-4-14)20(25)26-2/h3-9H,10-12H2,1-2H3,(H,22,23). The number of rotatable bonds is 8. The third-order valence-electron chi connectivity index (χ3n) is 3.71. The summed E-state index contributed by atoms with van der Waals surface area (Å²) in [5, 5.41) is 3.19. The van der Waals surface area contributed by atoms with Gasteiger partial charge in [0.25, 0.3) is 5.91 Å². The lowest BCUT2D eigenvalue weighted by atomic mass is 10.1. The van der Waals surface area contributed by atoms with Gasteiger partial charge in [-0.05, 0) is 48.4 Å². The summed E-state index contributed by atoms with van der Waals surface area (Å²) in [5.74, 6) is -1.03. The number of benzene rings is 2. The molecule has 0 spiro atoms. The quantitative estimate of drug-likeness (QED) is 0.679. The van der Waals surface area contributed by atoms with Gasteiger partial charge in [-0.3, -0.25) is 4.79 Å². The molecule has 0 fully saturated rings. The molecule has 0 bridgehead atoms. The maximum Gasteiger partial charge on any atom is 0.344 e. The minimum absolute atomic E-state index is 0.234. The van der Waals surface area contributed by atoms with E-state index in [1.54, 1.807) is 49.4 Å². The fourth-order valence-electron chi connectivity index (χ4n) is 2.23. The topological polar surface area (TPSA) is 90.9 Å². The van der Waals surface area contributed by atoms with Crippen molar-refractivity contribution in [3.63, 3.8) is 0 Å². The average Bonchev–Trinajstić information content (AvgIpc) is 2.69. The number of nitrogens with one attached hydrogen (secondary N) is 1. The first-order chi connectivity index (χ1) is 13.4. The number of amides is 1. The van der Waals surface area contributed by atoms with Crippen molar-refractivity contribution in [3.8, 4) is 5.75 Å². The van der Waals surface area contributed by atoms with Crippen LogP contribution in [0.5, 0.6) is 5.75 Å². The molecule has 1 N–H and O–H groups in total. The molecule has 2 rings (SSSR count). The van der Waals surface area contributed by atoms with E-state index in [0.29, 0.717) is 16.3 Å². The first kappa shape index (κ1) is 21.2. The van der Waals surface area contributed by atoms with Gasteiger partial charge in [-0.25, -0.2) is 9.59 Å². The van der Waals surface area contributed by atoms with Crippen molar-refractivity contribution in [2.24, 2.45) is 0 Å². The van der Waals surface area contributed by atoms with Crippen molar-refractivity contribution in [2.75, 3.05) is 20.3 Å². The van der Waals surface area contributed by atoms with E-state index < -0.39 is 24.5 Å². The third kappa shape index (κ3) is 6.59. The number of esters is 2. The third-order valence-corrected chi connectivity index (χ3v) is 3.95. The molecule has 0 aliphatic rings. The van der Waals surface area contributed by atoms with Crippen molar-refractivity contribution in [3.05, 3.63) is 64.2 Å². The summed E-state index contributed by atoms with van der Waals surface area (Å²) < 4.78 is 14.8. The van der Waals surface area contributed by atoms with E-state index in [-0.39, 0.29) is 13.2 Å². The predicted molar refractivity (Wildman–Crippen MR) is 102 cm³/mol. The molecule has 2 aromatic carbocycles. The lowest BCUT2D eigenvalue weighted by Gasteiger charge is -2.10. The SMILES string of the molecule is COC(=O)c1ccc(CNC(=O)COC(=O)COc2ccc(Cl)cc2C)cc1. The smallest absolute Gasteiger partial charge is 0.344 e. The van der Waals surface area contributed by atoms with Crippen LogP contribution < -0.4 is 10.1 Å². The zero-order chi connectivity index (χ0) is 20.5. The van der Waals surface area contributed by atoms with Crippen molar-refractivity contribution in [1.82, 2.24) is 5.32 Å². The van der Waals surface area contributed by atoms with E-state index in [0.717, 1.165) is 11.1 Å². The fraction of sp³-hybridized carbons (Fsp3) is 0.250. The maximum absolute atomic E-state index is 11.8. The largest absolute Gasteiger partial charge is 0.482 e. The van der Waals surface area contributed by atoms with Crippen molar-refractivity contribution < 1.29 is 28.6 Å². The Kier molecular flexibility index (Phi) is 7.83. The number of carbonyl (C=O) groups excluding carboxylic acids is 3. The lowest BCUT2D eigenvalue weighted by Crippen LogP contribution is -2.29. The number of halogens is 1. The van der Waals surface area contributed by atoms with Gasteiger partial charge in [0.1, 0.15) is 5.75 Å². The van der Waals surface area contributed by atoms with Gasteiger partial charge in [0, 0.05) is 11.6 Å². The molecule has 148 valence electrons. The van der Waals surface area contributed by atoms with Crippen LogP contribution >= 0.6 is 11.6 Å². The van der Waals surface area contributed by atoms with Crippen molar-refractivity contribution in [2.45, 2.75) is 13.5 Å². The molecule has 0 aliphatic heterocycles. The lowest BCUT2D eigenvalue weighted by molar-refractivity contribution is -0.150. The predicted octanol–water partition coefficient (Wildman–Crippen LogP) is 2.67. The van der Waals surface area contributed by atoms with Crippen LogP contribution in [0.1, 0.15) is 21.5 Å². The molecular formula is C20H20ClNO6. The molecule has 0 atom stereocenters. The molecule has 0 unspecified atom stereocenters. The minimum atomic E-state index is -0.660. The number of aryl methyl sites for hydroxylation is 1. The molecule has 0 aromatic heterocycles. The number of ether oxygens (including phenoxy) is 3. The summed E-state index contributed by atoms with van der Waals surface area (Å²) in [6.07, 6.45) is 0. The van der Waals surface area contributed by atoms with Gasteiger partial charge >= 0.3 is 11.9 Å². The van der Waals surface area contributed by atoms with Gasteiger partial charge in [-0.1, -0.05) is 23.7 Å². The summed E-state index contributed by atoms with van der Waals surface area (Å²) >= 11 is 5.85. The molecule has 8 heteroatoms. The summed E-state index contributed by atoms with van der Waals surface area (Å²) in [6, 6.07) is 11.6. The second-order valence-corrected chi connectivity index (χ2v) is 6.26. The van der Waals surface area contributed by atoms with Gasteiger partial charge in [0.05, 0.1) is 12.7 Å². The van der Waals surface area contributed by atoms with Gasteiger partial charge < -0.3 is 19.5 Å². The van der Waals surface area contributed by atoms with Crippen molar-refractivity contribution in [1.29, 1.82) is 0 Å². The molecule has 0 aliphatic carbocycles. The normalized spacial score (nSPS) is 10.1. The molecule has 0 saturated heterocycles. The highest BCUT2D eigenvalue weighted by Crippen LogP contribution is 2.21. The van der Waals surface area contributed by atoms with E-state index in [2.05, 4.69) is 10.1 Å². The van der Waals surface area contributed by atoms with Gasteiger partial charge in [0.2, 0.25) is 0 Å². The average molecular weight is 406 g/mol. The Labute approximate surface area is 167 Å². The zero-order valence-corrected chi connectivity index (χ0v) is 16.2. The van der Waals surface area contributed by atoms with E-state index in [1.165, 1.54) is 7.11 Å². The summed E-state index contributed by atoms with van der Waals surface area (Å²) in [6.45, 7) is 1.31. The Bertz CT molecular complexity index is 850. The van der Waals surface area contributed by atoms with Gasteiger partial charge in [0.15, 0.2) is 13.2 Å². The highest BCUT2D eigenvalue weighted by atomic mass is 35.5. The van der Waals surface area contributed by atoms with Crippen LogP contribution in [0.25, 0.3) is 0 Å². The zero-order valence-electron chi connectivity index (χ0n) is 15.5. The molecule has 0 heterocycles. The number of hydrogen-bond acceptors (Lipinski definition) is 6. The summed E-state index contributed by atoms with van der Waals surface area (Å²) in [5.41, 5.74) is 1.99. The Morgan fingerprint density at radius 2 is 1.75 bits per heavy atom. The van der Waals surface area contributed by atoms with Crippen LogP contribution in [0.3, 0.4) is 0 Å². The second-order valence-electron chi connectivity index (χ2n) is 5.82. The Hall–Kier alpha value is -3.06. The molecule has 0 radical (unpaired) electrons. The van der Waals surface area contributed by atoms with E-state index in [9.17, 15) is 14.4 Å². The van der Waals surface area contributed by atoms with Crippen LogP contribution in [0, 0.1) is 6.92 Å². The van der Waals surface area contributed by atoms with Crippen LogP contribution in [-0.2, 0) is 25.6 Å². The molecular weight excluding hydrogens is 386 g/mol. The minimum Gasteiger partial charge on any atom is -0.482 e. The highest BCUT2D eigenvalue weighted by Gasteiger charge is 2.10. The Morgan fingerprint density at radius 1 is 1.04 bits per heavy atom. The number of carbonyl (C=O) groups is 3. The number of hydrogen-bond donors (Lipinski definition) is 1. The van der Waals surface area contributed by atoms with Crippen LogP contribution in [-0.4, -0.2) is 38.2 Å². The van der Waals surface area contributed by atoms with Crippen LogP contribution in [0.15, 0.2) is 42.5 Å². The summed E-state index contributed by atoms with van der Waals surface area (Å²) in [4.78, 5) is 34.9. The van der Waals surface area contributed by atoms with Crippen LogP contribution in [0.4, 0.5) is 0 Å². The first-order valence-electron chi connectivity index (χ1n) is 8.37. The Morgan fingerprint density at radius 3 is 2.39 bits per heavy atom. The second kappa shape index (κ2) is 10.3. The molecule has 1 amide bonds. The highest BCUT2D eigenvalue weighted by molar-refractivity contribution is 6.30.